The molecule has 1 saturated carbocycles. The lowest BCUT2D eigenvalue weighted by atomic mass is 10.1. The molecule has 0 radical (unpaired) electrons. The largest absolute Gasteiger partial charge is 0.339 e. The summed E-state index contributed by atoms with van der Waals surface area (Å²) in [5, 5.41) is 2.75. The first-order chi connectivity index (χ1) is 11.6. The van der Waals surface area contributed by atoms with Gasteiger partial charge in [0, 0.05) is 32.3 Å². The van der Waals surface area contributed by atoms with E-state index in [-0.39, 0.29) is 29.0 Å². The molecule has 2 heterocycles. The van der Waals surface area contributed by atoms with Crippen molar-refractivity contribution < 1.29 is 9.59 Å². The first kappa shape index (κ1) is 16.7. The monoisotopic (exact) mass is 331 g/mol. The van der Waals surface area contributed by atoms with E-state index >= 15 is 0 Å². The fourth-order valence-corrected chi connectivity index (χ4v) is 3.62. The number of piperidine rings is 1. The molecule has 1 aliphatic heterocycles. The number of rotatable bonds is 3. The van der Waals surface area contributed by atoms with E-state index in [1.54, 1.807) is 13.2 Å². The standard InChI is InChI=1S/C18H25N3O3/c1-20-12-14(17(23)21-9-5-2-6-10-21)11-15(18(20)24)19-16(22)13-7-3-4-8-13/h11-13H,2-10H2,1H3,(H,19,22). The molecule has 0 bridgehead atoms. The number of nitrogens with one attached hydrogen (secondary N) is 1. The number of carbonyl (C=O) groups excluding carboxylic acids is 2. The molecular weight excluding hydrogens is 306 g/mol. The molecule has 0 atom stereocenters. The number of amides is 2. The van der Waals surface area contributed by atoms with Gasteiger partial charge in [-0.1, -0.05) is 12.8 Å². The van der Waals surface area contributed by atoms with Gasteiger partial charge in [0.1, 0.15) is 5.69 Å². The van der Waals surface area contributed by atoms with Crippen LogP contribution in [0, 0.1) is 5.92 Å². The van der Waals surface area contributed by atoms with Gasteiger partial charge in [0.25, 0.3) is 11.5 Å². The Morgan fingerprint density at radius 3 is 2.42 bits per heavy atom. The molecule has 0 aromatic carbocycles. The second-order valence-corrected chi connectivity index (χ2v) is 6.88. The summed E-state index contributed by atoms with van der Waals surface area (Å²) in [4.78, 5) is 39.1. The van der Waals surface area contributed by atoms with E-state index in [2.05, 4.69) is 5.32 Å². The fraction of sp³-hybridized carbons (Fsp3) is 0.611. The third-order valence-electron chi connectivity index (χ3n) is 5.06. The molecule has 130 valence electrons. The molecule has 3 rings (SSSR count). The number of pyridine rings is 1. The van der Waals surface area contributed by atoms with Crippen LogP contribution < -0.4 is 10.9 Å². The van der Waals surface area contributed by atoms with E-state index in [0.29, 0.717) is 5.56 Å². The summed E-state index contributed by atoms with van der Waals surface area (Å²) in [7, 11) is 1.61. The Morgan fingerprint density at radius 1 is 1.08 bits per heavy atom. The van der Waals surface area contributed by atoms with Crippen molar-refractivity contribution in [3.8, 4) is 0 Å². The quantitative estimate of drug-likeness (QED) is 0.922. The predicted octanol–water partition coefficient (Wildman–Crippen LogP) is 2.14. The number of likely N-dealkylation sites (tertiary alicyclic amines) is 1. The smallest absolute Gasteiger partial charge is 0.274 e. The van der Waals surface area contributed by atoms with Crippen LogP contribution in [0.3, 0.4) is 0 Å². The number of aryl methyl sites for hydroxylation is 1. The molecule has 1 aliphatic carbocycles. The average Bonchev–Trinajstić information content (AvgIpc) is 3.13. The van der Waals surface area contributed by atoms with E-state index in [0.717, 1.165) is 58.0 Å². The van der Waals surface area contributed by atoms with Crippen molar-refractivity contribution in [2.75, 3.05) is 18.4 Å². The Bertz CT molecular complexity index is 683. The first-order valence-electron chi connectivity index (χ1n) is 8.87. The summed E-state index contributed by atoms with van der Waals surface area (Å²) in [6.07, 6.45) is 8.61. The van der Waals surface area contributed by atoms with Crippen molar-refractivity contribution in [3.63, 3.8) is 0 Å². The van der Waals surface area contributed by atoms with Crippen molar-refractivity contribution in [1.29, 1.82) is 0 Å². The van der Waals surface area contributed by atoms with Crippen LogP contribution in [-0.4, -0.2) is 34.4 Å². The van der Waals surface area contributed by atoms with E-state index in [1.165, 1.54) is 10.6 Å². The fourth-order valence-electron chi connectivity index (χ4n) is 3.62. The second-order valence-electron chi connectivity index (χ2n) is 6.88. The number of aromatic nitrogens is 1. The van der Waals surface area contributed by atoms with E-state index in [1.807, 2.05) is 4.90 Å². The summed E-state index contributed by atoms with van der Waals surface area (Å²) < 4.78 is 1.38. The lowest BCUT2D eigenvalue weighted by Crippen LogP contribution is -2.36. The van der Waals surface area contributed by atoms with Crippen LogP contribution in [0.15, 0.2) is 17.1 Å². The highest BCUT2D eigenvalue weighted by atomic mass is 16.2. The Labute approximate surface area is 141 Å². The number of hydrogen-bond acceptors (Lipinski definition) is 3. The molecule has 6 heteroatoms. The van der Waals surface area contributed by atoms with Gasteiger partial charge in [-0.2, -0.15) is 0 Å². The van der Waals surface area contributed by atoms with Gasteiger partial charge < -0.3 is 14.8 Å². The number of carbonyl (C=O) groups is 2. The summed E-state index contributed by atoms with van der Waals surface area (Å²) in [6, 6.07) is 1.53. The molecule has 6 nitrogen and oxygen atoms in total. The minimum absolute atomic E-state index is 0.0174. The topological polar surface area (TPSA) is 71.4 Å². The summed E-state index contributed by atoms with van der Waals surface area (Å²) >= 11 is 0. The van der Waals surface area contributed by atoms with Crippen LogP contribution in [0.2, 0.25) is 0 Å². The normalized spacial score (nSPS) is 18.6. The summed E-state index contributed by atoms with van der Waals surface area (Å²) in [5.74, 6) is -0.190. The molecule has 24 heavy (non-hydrogen) atoms. The Hall–Kier alpha value is -2.11. The average molecular weight is 331 g/mol. The minimum atomic E-state index is -0.281. The third-order valence-corrected chi connectivity index (χ3v) is 5.06. The maximum absolute atomic E-state index is 12.7. The van der Waals surface area contributed by atoms with Gasteiger partial charge in [0.15, 0.2) is 0 Å². The third kappa shape index (κ3) is 3.52. The molecule has 0 unspecified atom stereocenters. The van der Waals surface area contributed by atoms with Gasteiger partial charge in [-0.25, -0.2) is 0 Å². The van der Waals surface area contributed by atoms with Gasteiger partial charge in [0.2, 0.25) is 5.91 Å². The van der Waals surface area contributed by atoms with Gasteiger partial charge in [-0.3, -0.25) is 14.4 Å². The van der Waals surface area contributed by atoms with Gasteiger partial charge in [-0.15, -0.1) is 0 Å². The lowest BCUT2D eigenvalue weighted by Gasteiger charge is -2.27. The molecule has 1 aromatic heterocycles. The minimum Gasteiger partial charge on any atom is -0.339 e. The SMILES string of the molecule is Cn1cc(C(=O)N2CCCCC2)cc(NC(=O)C2CCCC2)c1=O. The van der Waals surface area contributed by atoms with Crippen molar-refractivity contribution in [1.82, 2.24) is 9.47 Å². The zero-order valence-electron chi connectivity index (χ0n) is 14.2. The van der Waals surface area contributed by atoms with Crippen LogP contribution in [0.25, 0.3) is 0 Å². The molecule has 1 aromatic rings. The van der Waals surface area contributed by atoms with Crippen LogP contribution in [0.1, 0.15) is 55.3 Å². The maximum Gasteiger partial charge on any atom is 0.274 e. The van der Waals surface area contributed by atoms with Crippen LogP contribution in [0.5, 0.6) is 0 Å². The van der Waals surface area contributed by atoms with E-state index in [9.17, 15) is 14.4 Å². The zero-order valence-corrected chi connectivity index (χ0v) is 14.2. The molecule has 2 aliphatic rings. The molecule has 1 saturated heterocycles. The zero-order chi connectivity index (χ0) is 17.1. The molecule has 0 spiro atoms. The number of hydrogen-bond donors (Lipinski definition) is 1. The molecule has 2 fully saturated rings. The summed E-state index contributed by atoms with van der Waals surface area (Å²) in [5.41, 5.74) is 0.384. The van der Waals surface area contributed by atoms with Crippen molar-refractivity contribution in [2.24, 2.45) is 13.0 Å². The van der Waals surface area contributed by atoms with Crippen molar-refractivity contribution in [2.45, 2.75) is 44.9 Å². The van der Waals surface area contributed by atoms with Crippen LogP contribution in [0.4, 0.5) is 5.69 Å². The number of nitrogens with zero attached hydrogens (tertiary/aromatic N) is 2. The maximum atomic E-state index is 12.7. The van der Waals surface area contributed by atoms with Crippen molar-refractivity contribution in [3.05, 3.63) is 28.2 Å². The lowest BCUT2D eigenvalue weighted by molar-refractivity contribution is -0.119. The molecule has 2 amide bonds. The molecular formula is C18H25N3O3. The van der Waals surface area contributed by atoms with Gasteiger partial charge in [0.05, 0.1) is 5.56 Å². The van der Waals surface area contributed by atoms with Gasteiger partial charge >= 0.3 is 0 Å². The highest BCUT2D eigenvalue weighted by Gasteiger charge is 2.24. The highest BCUT2D eigenvalue weighted by molar-refractivity contribution is 5.97. The first-order valence-corrected chi connectivity index (χ1v) is 8.87. The van der Waals surface area contributed by atoms with Crippen LogP contribution in [-0.2, 0) is 11.8 Å². The second kappa shape index (κ2) is 7.20. The van der Waals surface area contributed by atoms with E-state index in [4.69, 9.17) is 0 Å². The molecule has 1 N–H and O–H groups in total. The number of anilines is 1. The Morgan fingerprint density at radius 2 is 1.75 bits per heavy atom. The summed E-state index contributed by atoms with van der Waals surface area (Å²) in [6.45, 7) is 1.51. The highest BCUT2D eigenvalue weighted by Crippen LogP contribution is 2.25. The predicted molar refractivity (Wildman–Crippen MR) is 92.0 cm³/mol. The van der Waals surface area contributed by atoms with Crippen molar-refractivity contribution >= 4 is 17.5 Å². The Balaban J connectivity index is 1.81. The van der Waals surface area contributed by atoms with Crippen LogP contribution >= 0.6 is 0 Å². The Kier molecular flexibility index (Phi) is 5.02. The van der Waals surface area contributed by atoms with E-state index < -0.39 is 0 Å². The van der Waals surface area contributed by atoms with Gasteiger partial charge in [-0.05, 0) is 38.2 Å².